The normalized spacial score (nSPS) is 12.0. The number of sulfonamides is 1. The number of anilines is 1. The molecule has 0 saturated heterocycles. The van der Waals surface area contributed by atoms with Gasteiger partial charge < -0.3 is 10.2 Å². The third-order valence-corrected chi connectivity index (χ3v) is 9.53. The van der Waals surface area contributed by atoms with E-state index >= 15 is 0 Å². The first-order valence-electron chi connectivity index (χ1n) is 14.6. The molecule has 2 amide bonds. The number of nitrogens with one attached hydrogen (secondary N) is 1. The molecule has 0 spiro atoms. The van der Waals surface area contributed by atoms with Crippen LogP contribution in [0.5, 0.6) is 0 Å². The summed E-state index contributed by atoms with van der Waals surface area (Å²) < 4.78 is 30.1. The average Bonchev–Trinajstić information content (AvgIpc) is 3.03. The number of amides is 2. The number of aryl methyl sites for hydroxylation is 1. The Morgan fingerprint density at radius 2 is 1.34 bits per heavy atom. The molecule has 44 heavy (non-hydrogen) atoms. The average molecular weight is 677 g/mol. The van der Waals surface area contributed by atoms with E-state index in [1.165, 1.54) is 17.0 Å². The van der Waals surface area contributed by atoms with Crippen LogP contribution in [0.4, 0.5) is 5.69 Å². The molecule has 0 saturated carbocycles. The summed E-state index contributed by atoms with van der Waals surface area (Å²) in [6, 6.07) is 31.2. The zero-order valence-electron chi connectivity index (χ0n) is 25.2. The third kappa shape index (κ3) is 8.57. The molecule has 4 aromatic rings. The van der Waals surface area contributed by atoms with Crippen LogP contribution in [0.25, 0.3) is 0 Å². The molecule has 1 unspecified atom stereocenters. The van der Waals surface area contributed by atoms with E-state index in [1.54, 1.807) is 30.3 Å². The molecule has 230 valence electrons. The SMILES string of the molecule is CCc1ccc(N(CC(=O)N(Cc2ccc(Br)cc2)C(Cc2ccccc2)C(=O)NC(C)C)S(=O)(=O)c2ccccc2)cc1. The molecular formula is C35H38BrN3O4S. The topological polar surface area (TPSA) is 86.8 Å². The molecule has 1 N–H and O–H groups in total. The number of rotatable bonds is 13. The Morgan fingerprint density at radius 1 is 0.773 bits per heavy atom. The Hall–Kier alpha value is -3.95. The minimum absolute atomic E-state index is 0.0743. The number of hydrogen-bond donors (Lipinski definition) is 1. The van der Waals surface area contributed by atoms with Crippen LogP contribution in [-0.4, -0.2) is 43.8 Å². The summed E-state index contributed by atoms with van der Waals surface area (Å²) in [6.07, 6.45) is 1.05. The third-order valence-electron chi connectivity index (χ3n) is 7.21. The first kappa shape index (κ1) is 33.0. The maximum Gasteiger partial charge on any atom is 0.264 e. The second kappa shape index (κ2) is 15.2. The molecule has 0 aliphatic heterocycles. The van der Waals surface area contributed by atoms with Gasteiger partial charge in [0, 0.05) is 23.5 Å². The van der Waals surface area contributed by atoms with Crippen molar-refractivity contribution in [1.29, 1.82) is 0 Å². The van der Waals surface area contributed by atoms with Crippen LogP contribution in [0, 0.1) is 0 Å². The highest BCUT2D eigenvalue weighted by molar-refractivity contribution is 9.10. The molecule has 7 nitrogen and oxygen atoms in total. The van der Waals surface area contributed by atoms with Crippen LogP contribution in [0.1, 0.15) is 37.5 Å². The van der Waals surface area contributed by atoms with Gasteiger partial charge in [-0.2, -0.15) is 0 Å². The second-order valence-corrected chi connectivity index (χ2v) is 13.6. The minimum Gasteiger partial charge on any atom is -0.352 e. The smallest absolute Gasteiger partial charge is 0.264 e. The Morgan fingerprint density at radius 3 is 1.91 bits per heavy atom. The van der Waals surface area contributed by atoms with E-state index in [2.05, 4.69) is 21.2 Å². The van der Waals surface area contributed by atoms with Crippen LogP contribution >= 0.6 is 15.9 Å². The Labute approximate surface area is 269 Å². The summed E-state index contributed by atoms with van der Waals surface area (Å²) in [5, 5.41) is 2.97. The van der Waals surface area contributed by atoms with Crippen LogP contribution in [0.15, 0.2) is 119 Å². The number of benzene rings is 4. The van der Waals surface area contributed by atoms with E-state index in [1.807, 2.05) is 87.5 Å². The molecule has 0 aliphatic rings. The van der Waals surface area contributed by atoms with Gasteiger partial charge in [0.1, 0.15) is 12.6 Å². The van der Waals surface area contributed by atoms with Crippen LogP contribution in [-0.2, 0) is 39.0 Å². The highest BCUT2D eigenvalue weighted by Gasteiger charge is 2.34. The molecule has 0 aliphatic carbocycles. The zero-order valence-corrected chi connectivity index (χ0v) is 27.6. The van der Waals surface area contributed by atoms with Crippen LogP contribution in [0.3, 0.4) is 0 Å². The van der Waals surface area contributed by atoms with Crippen molar-refractivity contribution >= 4 is 43.5 Å². The van der Waals surface area contributed by atoms with E-state index in [0.717, 1.165) is 31.9 Å². The van der Waals surface area contributed by atoms with Crippen molar-refractivity contribution in [3.05, 3.63) is 130 Å². The predicted octanol–water partition coefficient (Wildman–Crippen LogP) is 6.37. The summed E-state index contributed by atoms with van der Waals surface area (Å²) in [4.78, 5) is 29.8. The zero-order chi connectivity index (χ0) is 31.7. The molecule has 0 heterocycles. The van der Waals surface area contributed by atoms with E-state index in [-0.39, 0.29) is 29.8 Å². The van der Waals surface area contributed by atoms with Gasteiger partial charge in [-0.15, -0.1) is 0 Å². The van der Waals surface area contributed by atoms with Gasteiger partial charge in [-0.05, 0) is 73.4 Å². The van der Waals surface area contributed by atoms with Crippen molar-refractivity contribution in [2.45, 2.75) is 57.1 Å². The summed E-state index contributed by atoms with van der Waals surface area (Å²) in [7, 11) is -4.13. The van der Waals surface area contributed by atoms with Crippen molar-refractivity contribution in [2.24, 2.45) is 0 Å². The first-order valence-corrected chi connectivity index (χ1v) is 16.9. The van der Waals surface area contributed by atoms with Gasteiger partial charge >= 0.3 is 0 Å². The standard InChI is InChI=1S/C35H38BrN3O4S/c1-4-27-17-21-31(22-18-27)39(44(42,43)32-13-9-6-10-14-32)25-34(40)38(24-29-15-19-30(36)20-16-29)33(35(41)37-26(2)3)23-28-11-7-5-8-12-28/h5-22,26,33H,4,23-25H2,1-3H3,(H,37,41). The maximum atomic E-state index is 14.5. The monoisotopic (exact) mass is 675 g/mol. The van der Waals surface area contributed by atoms with E-state index in [9.17, 15) is 18.0 Å². The second-order valence-electron chi connectivity index (χ2n) is 10.9. The van der Waals surface area contributed by atoms with Gasteiger partial charge in [0.15, 0.2) is 0 Å². The predicted molar refractivity (Wildman–Crippen MR) is 179 cm³/mol. The van der Waals surface area contributed by atoms with Gasteiger partial charge in [0.05, 0.1) is 10.6 Å². The Balaban J connectivity index is 1.79. The number of carbonyl (C=O) groups excluding carboxylic acids is 2. The van der Waals surface area contributed by atoms with Crippen molar-refractivity contribution in [2.75, 3.05) is 10.8 Å². The molecule has 9 heteroatoms. The van der Waals surface area contributed by atoms with Gasteiger partial charge in [-0.3, -0.25) is 13.9 Å². The van der Waals surface area contributed by atoms with Crippen molar-refractivity contribution in [3.8, 4) is 0 Å². The Bertz CT molecular complexity index is 1630. The van der Waals surface area contributed by atoms with E-state index in [4.69, 9.17) is 0 Å². The largest absolute Gasteiger partial charge is 0.352 e. The summed E-state index contributed by atoms with van der Waals surface area (Å²) in [6.45, 7) is 5.38. The van der Waals surface area contributed by atoms with Crippen molar-refractivity contribution in [1.82, 2.24) is 10.2 Å². The fraction of sp³-hybridized carbons (Fsp3) is 0.257. The van der Waals surface area contributed by atoms with Crippen LogP contribution < -0.4 is 9.62 Å². The lowest BCUT2D eigenvalue weighted by atomic mass is 10.0. The van der Waals surface area contributed by atoms with Gasteiger partial charge in [-0.25, -0.2) is 8.42 Å². The van der Waals surface area contributed by atoms with Gasteiger partial charge in [-0.1, -0.05) is 95.7 Å². The van der Waals surface area contributed by atoms with Gasteiger partial charge in [0.2, 0.25) is 11.8 Å². The fourth-order valence-corrected chi connectivity index (χ4v) is 6.57. The van der Waals surface area contributed by atoms with Gasteiger partial charge in [0.25, 0.3) is 10.0 Å². The maximum absolute atomic E-state index is 14.5. The highest BCUT2D eigenvalue weighted by Crippen LogP contribution is 2.26. The molecule has 0 radical (unpaired) electrons. The summed E-state index contributed by atoms with van der Waals surface area (Å²) in [5.74, 6) is -0.800. The fourth-order valence-electron chi connectivity index (χ4n) is 4.87. The molecule has 4 rings (SSSR count). The quantitative estimate of drug-likeness (QED) is 0.178. The molecule has 0 bridgehead atoms. The molecule has 4 aromatic carbocycles. The van der Waals surface area contributed by atoms with Crippen molar-refractivity contribution in [3.63, 3.8) is 0 Å². The summed E-state index contributed by atoms with van der Waals surface area (Å²) in [5.41, 5.74) is 3.10. The first-order chi connectivity index (χ1) is 21.1. The lowest BCUT2D eigenvalue weighted by Crippen LogP contribution is -2.54. The number of halogens is 1. The van der Waals surface area contributed by atoms with E-state index < -0.39 is 28.5 Å². The van der Waals surface area contributed by atoms with Crippen LogP contribution in [0.2, 0.25) is 0 Å². The molecule has 1 atom stereocenters. The number of nitrogens with zero attached hydrogens (tertiary/aromatic N) is 2. The summed E-state index contributed by atoms with van der Waals surface area (Å²) >= 11 is 3.46. The lowest BCUT2D eigenvalue weighted by Gasteiger charge is -2.34. The van der Waals surface area contributed by atoms with Crippen molar-refractivity contribution < 1.29 is 18.0 Å². The number of hydrogen-bond acceptors (Lipinski definition) is 4. The Kier molecular flexibility index (Phi) is 11.4. The highest BCUT2D eigenvalue weighted by atomic mass is 79.9. The molecule has 0 aromatic heterocycles. The lowest BCUT2D eigenvalue weighted by molar-refractivity contribution is -0.140. The minimum atomic E-state index is -4.13. The van der Waals surface area contributed by atoms with E-state index in [0.29, 0.717) is 5.69 Å². The molecular weight excluding hydrogens is 638 g/mol. The molecule has 0 fully saturated rings. The number of carbonyl (C=O) groups is 2.